The second-order valence-corrected chi connectivity index (χ2v) is 18.9. The Hall–Kier alpha value is -0.320. The lowest BCUT2D eigenvalue weighted by Crippen LogP contribution is -2.35. The molecule has 8 nitrogen and oxygen atoms in total. The van der Waals surface area contributed by atoms with Gasteiger partial charge < -0.3 is 40.2 Å². The van der Waals surface area contributed by atoms with Crippen molar-refractivity contribution in [3.63, 3.8) is 0 Å². The molecular formula is C55H116N4O4. The lowest BCUT2D eigenvalue weighted by Gasteiger charge is -2.18. The molecule has 0 aromatic carbocycles. The topological polar surface area (TPSA) is 85.0 Å². The van der Waals surface area contributed by atoms with E-state index in [-0.39, 0.29) is 12.2 Å². The average Bonchev–Trinajstić information content (AvgIpc) is 3.29. The van der Waals surface area contributed by atoms with Crippen LogP contribution in [0.4, 0.5) is 0 Å². The summed E-state index contributed by atoms with van der Waals surface area (Å²) in [7, 11) is 0. The Labute approximate surface area is 395 Å². The molecule has 0 aliphatic heterocycles. The Morgan fingerprint density at radius 3 is 0.762 bits per heavy atom. The van der Waals surface area contributed by atoms with Crippen LogP contribution in [0.5, 0.6) is 0 Å². The van der Waals surface area contributed by atoms with E-state index >= 15 is 0 Å². The predicted molar refractivity (Wildman–Crippen MR) is 277 cm³/mol. The van der Waals surface area contributed by atoms with Crippen LogP contribution in [-0.2, 0) is 18.9 Å². The molecule has 0 rings (SSSR count). The first-order chi connectivity index (χ1) is 31.3. The van der Waals surface area contributed by atoms with Crippen LogP contribution in [0.3, 0.4) is 0 Å². The molecule has 2 atom stereocenters. The highest BCUT2D eigenvalue weighted by molar-refractivity contribution is 4.64. The smallest absolute Gasteiger partial charge is 0.0932 e. The zero-order valence-electron chi connectivity index (χ0n) is 43.4. The first-order valence-electron chi connectivity index (χ1n) is 28.5. The maximum Gasteiger partial charge on any atom is 0.0932 e. The Bertz CT molecular complexity index is 734. The van der Waals surface area contributed by atoms with E-state index in [0.717, 1.165) is 98.0 Å². The van der Waals surface area contributed by atoms with E-state index < -0.39 is 0 Å². The molecule has 0 aliphatic carbocycles. The summed E-state index contributed by atoms with van der Waals surface area (Å²) in [4.78, 5) is 0. The third kappa shape index (κ3) is 54.2. The minimum absolute atomic E-state index is 0.147. The molecular weight excluding hydrogens is 781 g/mol. The first-order valence-corrected chi connectivity index (χ1v) is 28.5. The molecule has 0 saturated carbocycles. The van der Waals surface area contributed by atoms with Crippen molar-refractivity contribution < 1.29 is 18.9 Å². The summed E-state index contributed by atoms with van der Waals surface area (Å²) < 4.78 is 23.9. The van der Waals surface area contributed by atoms with Crippen LogP contribution in [0.1, 0.15) is 252 Å². The summed E-state index contributed by atoms with van der Waals surface area (Å²) in [5.41, 5.74) is 0. The van der Waals surface area contributed by atoms with E-state index in [9.17, 15) is 0 Å². The molecule has 0 bridgehead atoms. The maximum absolute atomic E-state index is 6.01. The monoisotopic (exact) mass is 897 g/mol. The van der Waals surface area contributed by atoms with E-state index in [1.807, 2.05) is 0 Å². The number of unbranched alkanes of at least 4 members (excludes halogenated alkanes) is 30. The SMILES string of the molecule is CCCCCCCCCCCCCCCCCCOCC(CNCCCNCCCNCCCNCC(COCCCCCCCCCCCCCCCCCC)OCC)OCC. The first kappa shape index (κ1) is 62.7. The molecule has 0 amide bonds. The van der Waals surface area contributed by atoms with Crippen LogP contribution in [0.2, 0.25) is 0 Å². The Kier molecular flexibility index (Phi) is 57.5. The quantitative estimate of drug-likeness (QED) is 0.0449. The standard InChI is InChI=1S/C55H116N4O4/c1-5-9-11-13-15-17-19-21-23-25-27-29-31-33-35-37-48-60-52-54(62-7-3)50-58-46-40-44-56-42-39-43-57-45-41-47-59-51-55(63-8-4)53-61-49-38-36-34-32-30-28-26-24-22-20-18-16-14-12-10-6-2/h54-59H,5-53H2,1-4H3. The second-order valence-electron chi connectivity index (χ2n) is 18.9. The Morgan fingerprint density at radius 1 is 0.270 bits per heavy atom. The normalized spacial score (nSPS) is 12.8. The summed E-state index contributed by atoms with van der Waals surface area (Å²) in [6, 6.07) is 0. The third-order valence-electron chi connectivity index (χ3n) is 12.6. The van der Waals surface area contributed by atoms with Gasteiger partial charge in [-0.25, -0.2) is 0 Å². The predicted octanol–water partition coefficient (Wildman–Crippen LogP) is 13.9. The molecule has 380 valence electrons. The van der Waals surface area contributed by atoms with E-state index in [0.29, 0.717) is 13.2 Å². The maximum atomic E-state index is 6.01. The summed E-state index contributed by atoms with van der Waals surface area (Å²) in [6.45, 7) is 21.3. The van der Waals surface area contributed by atoms with Crippen molar-refractivity contribution in [2.75, 3.05) is 92.0 Å². The van der Waals surface area contributed by atoms with Gasteiger partial charge in [0.1, 0.15) is 0 Å². The molecule has 0 heterocycles. The van der Waals surface area contributed by atoms with Crippen LogP contribution in [0, 0.1) is 0 Å². The van der Waals surface area contributed by atoms with Crippen LogP contribution < -0.4 is 21.3 Å². The van der Waals surface area contributed by atoms with Crippen molar-refractivity contribution in [2.24, 2.45) is 0 Å². The van der Waals surface area contributed by atoms with E-state index in [4.69, 9.17) is 18.9 Å². The largest absolute Gasteiger partial charge is 0.379 e. The lowest BCUT2D eigenvalue weighted by molar-refractivity contribution is -0.0113. The van der Waals surface area contributed by atoms with Crippen LogP contribution in [-0.4, -0.2) is 104 Å². The number of hydrogen-bond acceptors (Lipinski definition) is 8. The summed E-state index contributed by atoms with van der Waals surface area (Å²) in [6.07, 6.45) is 48.6. The molecule has 0 aromatic heterocycles. The van der Waals surface area contributed by atoms with Crippen molar-refractivity contribution in [1.82, 2.24) is 21.3 Å². The number of ether oxygens (including phenoxy) is 4. The second kappa shape index (κ2) is 57.8. The summed E-state index contributed by atoms with van der Waals surface area (Å²) >= 11 is 0. The van der Waals surface area contributed by atoms with Crippen LogP contribution >= 0.6 is 0 Å². The average molecular weight is 898 g/mol. The molecule has 0 fully saturated rings. The fraction of sp³-hybridized carbons (Fsp3) is 1.00. The molecule has 8 heteroatoms. The molecule has 0 spiro atoms. The minimum Gasteiger partial charge on any atom is -0.379 e. The van der Waals surface area contributed by atoms with E-state index in [1.54, 1.807) is 0 Å². The van der Waals surface area contributed by atoms with Crippen LogP contribution in [0.25, 0.3) is 0 Å². The molecule has 0 aliphatic rings. The van der Waals surface area contributed by atoms with Gasteiger partial charge in [-0.2, -0.15) is 0 Å². The Balaban J connectivity index is 3.47. The lowest BCUT2D eigenvalue weighted by atomic mass is 10.0. The van der Waals surface area contributed by atoms with Gasteiger partial charge in [-0.05, 0) is 85.2 Å². The van der Waals surface area contributed by atoms with Gasteiger partial charge in [0.25, 0.3) is 0 Å². The molecule has 0 aromatic rings. The summed E-state index contributed by atoms with van der Waals surface area (Å²) in [5.74, 6) is 0. The molecule has 4 N–H and O–H groups in total. The van der Waals surface area contributed by atoms with E-state index in [2.05, 4.69) is 49.0 Å². The minimum atomic E-state index is 0.147. The Morgan fingerprint density at radius 2 is 0.508 bits per heavy atom. The van der Waals surface area contributed by atoms with Crippen molar-refractivity contribution in [1.29, 1.82) is 0 Å². The zero-order chi connectivity index (χ0) is 45.5. The van der Waals surface area contributed by atoms with Gasteiger partial charge >= 0.3 is 0 Å². The van der Waals surface area contributed by atoms with E-state index in [1.165, 1.54) is 205 Å². The number of hydrogen-bond donors (Lipinski definition) is 4. The van der Waals surface area contributed by atoms with Crippen LogP contribution in [0.15, 0.2) is 0 Å². The van der Waals surface area contributed by atoms with Gasteiger partial charge in [0, 0.05) is 39.5 Å². The van der Waals surface area contributed by atoms with Gasteiger partial charge in [0.2, 0.25) is 0 Å². The highest BCUT2D eigenvalue weighted by atomic mass is 16.5. The number of rotatable bonds is 58. The zero-order valence-corrected chi connectivity index (χ0v) is 43.4. The van der Waals surface area contributed by atoms with Crippen molar-refractivity contribution in [2.45, 2.75) is 265 Å². The molecule has 0 radical (unpaired) electrons. The molecule has 0 saturated heterocycles. The van der Waals surface area contributed by atoms with Crippen molar-refractivity contribution in [3.8, 4) is 0 Å². The highest BCUT2D eigenvalue weighted by Crippen LogP contribution is 2.15. The van der Waals surface area contributed by atoms with Crippen molar-refractivity contribution >= 4 is 0 Å². The van der Waals surface area contributed by atoms with Crippen molar-refractivity contribution in [3.05, 3.63) is 0 Å². The van der Waals surface area contributed by atoms with Gasteiger partial charge in [-0.15, -0.1) is 0 Å². The fourth-order valence-electron chi connectivity index (χ4n) is 8.53. The molecule has 2 unspecified atom stereocenters. The van der Waals surface area contributed by atoms with Gasteiger partial charge in [-0.1, -0.05) is 206 Å². The van der Waals surface area contributed by atoms with Gasteiger partial charge in [0.15, 0.2) is 0 Å². The third-order valence-corrected chi connectivity index (χ3v) is 12.6. The number of nitrogens with one attached hydrogen (secondary N) is 4. The highest BCUT2D eigenvalue weighted by Gasteiger charge is 2.09. The molecule has 63 heavy (non-hydrogen) atoms. The van der Waals surface area contributed by atoms with Gasteiger partial charge in [-0.3, -0.25) is 0 Å². The summed E-state index contributed by atoms with van der Waals surface area (Å²) in [5, 5.41) is 14.4. The van der Waals surface area contributed by atoms with Gasteiger partial charge in [0.05, 0.1) is 25.4 Å². The fourth-order valence-corrected chi connectivity index (χ4v) is 8.53.